The Balaban J connectivity index is 0.00000280. The molecule has 6 nitrogen and oxygen atoms in total. The highest BCUT2D eigenvalue weighted by molar-refractivity contribution is 14.0. The van der Waals surface area contributed by atoms with E-state index in [2.05, 4.69) is 21.7 Å². The second-order valence-corrected chi connectivity index (χ2v) is 6.62. The Hall–Kier alpha value is -1.74. The van der Waals surface area contributed by atoms with Crippen LogP contribution >= 0.6 is 24.0 Å². The lowest BCUT2D eigenvalue weighted by Crippen LogP contribution is -2.37. The summed E-state index contributed by atoms with van der Waals surface area (Å²) in [6.07, 6.45) is 6.52. The third kappa shape index (κ3) is 7.35. The van der Waals surface area contributed by atoms with Gasteiger partial charge < -0.3 is 24.5 Å². The Morgan fingerprint density at radius 1 is 1.18 bits per heavy atom. The van der Waals surface area contributed by atoms with Gasteiger partial charge in [0, 0.05) is 32.3 Å². The summed E-state index contributed by atoms with van der Waals surface area (Å²) in [6, 6.07) is 12.0. The summed E-state index contributed by atoms with van der Waals surface area (Å²) in [7, 11) is 1.78. The minimum absolute atomic E-state index is 0. The quantitative estimate of drug-likeness (QED) is 0.223. The van der Waals surface area contributed by atoms with Crippen LogP contribution in [0.4, 0.5) is 0 Å². The summed E-state index contributed by atoms with van der Waals surface area (Å²) < 4.78 is 16.9. The van der Waals surface area contributed by atoms with Crippen LogP contribution in [0, 0.1) is 0 Å². The molecule has 0 bridgehead atoms. The van der Waals surface area contributed by atoms with E-state index in [0.717, 1.165) is 48.8 Å². The summed E-state index contributed by atoms with van der Waals surface area (Å²) in [5, 5.41) is 6.66. The lowest BCUT2D eigenvalue weighted by molar-refractivity contribution is 0.105. The molecule has 1 aromatic heterocycles. The number of benzene rings is 1. The first kappa shape index (κ1) is 22.5. The van der Waals surface area contributed by atoms with Crippen molar-refractivity contribution in [2.24, 2.45) is 4.99 Å². The van der Waals surface area contributed by atoms with E-state index >= 15 is 0 Å². The van der Waals surface area contributed by atoms with Crippen LogP contribution in [0.15, 0.2) is 52.1 Å². The number of ether oxygens (including phenoxy) is 2. The molecule has 0 unspecified atom stereocenters. The number of aliphatic imine (C=N–C) groups is 1. The maximum Gasteiger partial charge on any atom is 0.191 e. The smallest absolute Gasteiger partial charge is 0.191 e. The second kappa shape index (κ2) is 12.7. The number of halogens is 1. The minimum atomic E-state index is 0. The zero-order valence-electron chi connectivity index (χ0n) is 16.4. The van der Waals surface area contributed by atoms with E-state index in [9.17, 15) is 0 Å². The third-order valence-electron chi connectivity index (χ3n) is 4.57. The monoisotopic (exact) mass is 499 g/mol. The van der Waals surface area contributed by atoms with Crippen molar-refractivity contribution in [3.05, 3.63) is 54.0 Å². The minimum Gasteiger partial charge on any atom is -0.490 e. The molecule has 154 valence electrons. The predicted octanol–water partition coefficient (Wildman–Crippen LogP) is 4.10. The fourth-order valence-corrected chi connectivity index (χ4v) is 2.78. The molecule has 0 radical (unpaired) electrons. The number of guanidine groups is 1. The van der Waals surface area contributed by atoms with Crippen LogP contribution in [0.5, 0.6) is 5.75 Å². The van der Waals surface area contributed by atoms with E-state index in [-0.39, 0.29) is 24.0 Å². The predicted molar refractivity (Wildman–Crippen MR) is 121 cm³/mol. The number of para-hydroxylation sites is 1. The molecule has 0 saturated heterocycles. The molecule has 1 saturated carbocycles. The first-order valence-electron chi connectivity index (χ1n) is 9.64. The molecule has 1 aliphatic carbocycles. The first-order valence-corrected chi connectivity index (χ1v) is 9.64. The van der Waals surface area contributed by atoms with E-state index < -0.39 is 0 Å². The van der Waals surface area contributed by atoms with Gasteiger partial charge in [-0.15, -0.1) is 24.0 Å². The molecule has 3 rings (SSSR count). The Kier molecular flexibility index (Phi) is 10.2. The van der Waals surface area contributed by atoms with Gasteiger partial charge in [-0.25, -0.2) is 0 Å². The number of nitrogens with zero attached hydrogens (tertiary/aromatic N) is 1. The van der Waals surface area contributed by atoms with Crippen molar-refractivity contribution < 1.29 is 13.9 Å². The average molecular weight is 499 g/mol. The van der Waals surface area contributed by atoms with E-state index in [0.29, 0.717) is 25.9 Å². The maximum absolute atomic E-state index is 6.08. The number of hydrogen-bond donors (Lipinski definition) is 2. The van der Waals surface area contributed by atoms with Crippen LogP contribution in [0.2, 0.25) is 0 Å². The molecule has 0 amide bonds. The molecule has 7 heteroatoms. The Morgan fingerprint density at radius 3 is 2.75 bits per heavy atom. The number of rotatable bonds is 10. The topological polar surface area (TPSA) is 68.0 Å². The fourth-order valence-electron chi connectivity index (χ4n) is 2.78. The van der Waals surface area contributed by atoms with Crippen LogP contribution in [-0.2, 0) is 17.9 Å². The van der Waals surface area contributed by atoms with Gasteiger partial charge in [0.25, 0.3) is 0 Å². The Morgan fingerprint density at radius 2 is 2.04 bits per heavy atom. The lowest BCUT2D eigenvalue weighted by Gasteiger charge is -2.27. The summed E-state index contributed by atoms with van der Waals surface area (Å²) >= 11 is 0. The molecule has 28 heavy (non-hydrogen) atoms. The Labute approximate surface area is 184 Å². The van der Waals surface area contributed by atoms with E-state index in [1.807, 2.05) is 30.3 Å². The van der Waals surface area contributed by atoms with Crippen LogP contribution in [0.1, 0.15) is 37.0 Å². The molecule has 2 N–H and O–H groups in total. The highest BCUT2D eigenvalue weighted by Gasteiger charge is 2.20. The van der Waals surface area contributed by atoms with Crippen molar-refractivity contribution in [1.82, 2.24) is 10.6 Å². The van der Waals surface area contributed by atoms with E-state index in [1.54, 1.807) is 13.3 Å². The molecular formula is C21H30IN3O3. The molecule has 1 aliphatic rings. The summed E-state index contributed by atoms with van der Waals surface area (Å²) in [5.41, 5.74) is 1.15. The van der Waals surface area contributed by atoms with Crippen molar-refractivity contribution in [1.29, 1.82) is 0 Å². The maximum atomic E-state index is 6.08. The fraction of sp³-hybridized carbons (Fsp3) is 0.476. The lowest BCUT2D eigenvalue weighted by atomic mass is 9.96. The van der Waals surface area contributed by atoms with Crippen LogP contribution in [0.3, 0.4) is 0 Å². The summed E-state index contributed by atoms with van der Waals surface area (Å²) in [4.78, 5) is 4.28. The number of hydrogen-bond acceptors (Lipinski definition) is 4. The SMILES string of the molecule is CN=C(NCCCOCc1ccco1)NCc1ccccc1OC1CCC1.I. The summed E-state index contributed by atoms with van der Waals surface area (Å²) in [5.74, 6) is 2.60. The van der Waals surface area contributed by atoms with Crippen LogP contribution in [0.25, 0.3) is 0 Å². The van der Waals surface area contributed by atoms with Gasteiger partial charge in [0.15, 0.2) is 5.96 Å². The first-order chi connectivity index (χ1) is 13.3. The van der Waals surface area contributed by atoms with Gasteiger partial charge in [-0.05, 0) is 43.9 Å². The molecular weight excluding hydrogens is 469 g/mol. The molecule has 1 aromatic carbocycles. The van der Waals surface area contributed by atoms with Crippen molar-refractivity contribution in [3.63, 3.8) is 0 Å². The van der Waals surface area contributed by atoms with Gasteiger partial charge in [-0.2, -0.15) is 0 Å². The zero-order valence-corrected chi connectivity index (χ0v) is 18.7. The third-order valence-corrected chi connectivity index (χ3v) is 4.57. The highest BCUT2D eigenvalue weighted by atomic mass is 127. The largest absolute Gasteiger partial charge is 0.490 e. The Bertz CT molecular complexity index is 703. The molecule has 1 fully saturated rings. The van der Waals surface area contributed by atoms with Gasteiger partial charge in [-0.1, -0.05) is 18.2 Å². The molecule has 0 atom stereocenters. The second-order valence-electron chi connectivity index (χ2n) is 6.62. The molecule has 0 aliphatic heterocycles. The summed E-state index contributed by atoms with van der Waals surface area (Å²) in [6.45, 7) is 2.65. The van der Waals surface area contributed by atoms with E-state index in [1.165, 1.54) is 6.42 Å². The van der Waals surface area contributed by atoms with Crippen molar-refractivity contribution in [2.75, 3.05) is 20.2 Å². The van der Waals surface area contributed by atoms with Gasteiger partial charge in [-0.3, -0.25) is 4.99 Å². The molecule has 0 spiro atoms. The van der Waals surface area contributed by atoms with Gasteiger partial charge >= 0.3 is 0 Å². The van der Waals surface area contributed by atoms with Crippen molar-refractivity contribution in [2.45, 2.75) is 44.9 Å². The van der Waals surface area contributed by atoms with Gasteiger partial charge in [0.1, 0.15) is 18.1 Å². The van der Waals surface area contributed by atoms with Crippen molar-refractivity contribution in [3.8, 4) is 5.75 Å². The van der Waals surface area contributed by atoms with E-state index in [4.69, 9.17) is 13.9 Å². The van der Waals surface area contributed by atoms with Gasteiger partial charge in [0.05, 0.1) is 12.4 Å². The molecule has 2 aromatic rings. The van der Waals surface area contributed by atoms with Crippen LogP contribution in [-0.4, -0.2) is 32.3 Å². The van der Waals surface area contributed by atoms with Crippen molar-refractivity contribution >= 4 is 29.9 Å². The normalized spacial score (nSPS) is 14.1. The number of nitrogens with one attached hydrogen (secondary N) is 2. The van der Waals surface area contributed by atoms with Gasteiger partial charge in [0.2, 0.25) is 0 Å². The number of furan rings is 1. The average Bonchev–Trinajstić information content (AvgIpc) is 3.18. The standard InChI is InChI=1S/C21H29N3O3.HI/c1-22-21(23-12-6-13-25-16-19-10-5-14-26-19)24-15-17-7-2-3-11-20(17)27-18-8-4-9-18;/h2-3,5,7,10-11,14,18H,4,6,8-9,12-13,15-16H2,1H3,(H2,22,23,24);1H. The molecule has 1 heterocycles. The zero-order chi connectivity index (χ0) is 18.7. The van der Waals surface area contributed by atoms with Crippen LogP contribution < -0.4 is 15.4 Å². The highest BCUT2D eigenvalue weighted by Crippen LogP contribution is 2.27.